The molecule has 4 aliphatic rings. The third-order valence-electron chi connectivity index (χ3n) is 8.50. The van der Waals surface area contributed by atoms with Crippen molar-refractivity contribution in [3.8, 4) is 5.75 Å². The van der Waals surface area contributed by atoms with Gasteiger partial charge in [-0.25, -0.2) is 0 Å². The number of carbonyl (C=O) groups is 4. The van der Waals surface area contributed by atoms with E-state index in [2.05, 4.69) is 15.9 Å². The molecule has 3 aliphatic carbocycles. The fourth-order valence-corrected chi connectivity index (χ4v) is 7.17. The molecule has 202 valence electrons. The highest BCUT2D eigenvalue weighted by Crippen LogP contribution is 2.56. The molecule has 0 unspecified atom stereocenters. The number of rotatable bonds is 3. The number of halogens is 1. The van der Waals surface area contributed by atoms with Crippen LogP contribution in [0.25, 0.3) is 0 Å². The molecule has 2 aromatic rings. The molecule has 0 aromatic heterocycles. The third-order valence-corrected chi connectivity index (χ3v) is 9.09. The average molecular weight is 603 g/mol. The molecule has 1 saturated heterocycles. The number of non-ortho nitro benzene ring substituents is 1. The number of benzene rings is 2. The number of fused-ring (bicyclic) bond motifs is 3. The number of phenols is 1. The summed E-state index contributed by atoms with van der Waals surface area (Å²) in [5.41, 5.74) is 3.57. The zero-order valence-corrected chi connectivity index (χ0v) is 23.1. The average Bonchev–Trinajstić information content (AvgIpc) is 3.18. The first-order chi connectivity index (χ1) is 19.0. The number of nitro benzene ring substituents is 1. The number of anilines is 1. The van der Waals surface area contributed by atoms with Gasteiger partial charge in [-0.05, 0) is 77.4 Å². The minimum absolute atomic E-state index is 0.134. The standard InChI is InChI=1S/C30H23BrN2O7/c1-13-9-15(10-14(2)27(13)35)24-18-7-8-19-25(20(18)11-21-26(24)23(34)12-22(31)28(21)36)30(38)32(29(19)37)16-3-5-17(6-4-16)33(39)40/h3-7,9-10,12,19-20,24-25,35H,8,11H2,1-2H3/t19-,20+,24-,25-/m0/s1. The molecule has 4 atom stereocenters. The highest BCUT2D eigenvalue weighted by molar-refractivity contribution is 9.12. The molecule has 9 nitrogen and oxygen atoms in total. The minimum atomic E-state index is -0.758. The lowest BCUT2D eigenvalue weighted by Gasteiger charge is -2.42. The van der Waals surface area contributed by atoms with Crippen molar-refractivity contribution in [3.05, 3.63) is 96.6 Å². The quantitative estimate of drug-likeness (QED) is 0.174. The summed E-state index contributed by atoms with van der Waals surface area (Å²) in [7, 11) is 0. The van der Waals surface area contributed by atoms with Crippen LogP contribution in [0.4, 0.5) is 11.4 Å². The van der Waals surface area contributed by atoms with E-state index in [9.17, 15) is 34.4 Å². The Morgan fingerprint density at radius 2 is 1.65 bits per heavy atom. The van der Waals surface area contributed by atoms with Crippen LogP contribution in [0.5, 0.6) is 5.75 Å². The topological polar surface area (TPSA) is 135 Å². The highest BCUT2D eigenvalue weighted by Gasteiger charge is 2.56. The van der Waals surface area contributed by atoms with Crippen LogP contribution in [-0.4, -0.2) is 33.4 Å². The normalized spacial score (nSPS) is 25.8. The van der Waals surface area contributed by atoms with Gasteiger partial charge in [0.25, 0.3) is 5.69 Å². The maximum absolute atomic E-state index is 13.9. The lowest BCUT2D eigenvalue weighted by Crippen LogP contribution is -2.39. The molecule has 0 saturated carbocycles. The van der Waals surface area contributed by atoms with Crippen LogP contribution < -0.4 is 4.90 Å². The van der Waals surface area contributed by atoms with Crippen LogP contribution in [0.3, 0.4) is 0 Å². The summed E-state index contributed by atoms with van der Waals surface area (Å²) in [6.07, 6.45) is 3.62. The van der Waals surface area contributed by atoms with Gasteiger partial charge >= 0.3 is 0 Å². The van der Waals surface area contributed by atoms with Gasteiger partial charge in [0.2, 0.25) is 11.8 Å². The van der Waals surface area contributed by atoms with E-state index in [4.69, 9.17) is 0 Å². The van der Waals surface area contributed by atoms with Crippen molar-refractivity contribution >= 4 is 50.7 Å². The molecule has 40 heavy (non-hydrogen) atoms. The van der Waals surface area contributed by atoms with Crippen molar-refractivity contribution in [3.63, 3.8) is 0 Å². The van der Waals surface area contributed by atoms with Crippen molar-refractivity contribution in [1.29, 1.82) is 0 Å². The van der Waals surface area contributed by atoms with Crippen LogP contribution in [0.1, 0.15) is 35.4 Å². The van der Waals surface area contributed by atoms with Gasteiger partial charge < -0.3 is 5.11 Å². The number of hydrogen-bond acceptors (Lipinski definition) is 7. The number of carbonyl (C=O) groups excluding carboxylic acids is 4. The molecule has 0 bridgehead atoms. The second-order valence-electron chi connectivity index (χ2n) is 10.7. The number of imide groups is 1. The first-order valence-corrected chi connectivity index (χ1v) is 13.6. The molecular weight excluding hydrogens is 580 g/mol. The lowest BCUT2D eigenvalue weighted by atomic mass is 9.59. The van der Waals surface area contributed by atoms with Crippen LogP contribution in [0, 0.1) is 41.7 Å². The van der Waals surface area contributed by atoms with Gasteiger partial charge in [-0.2, -0.15) is 0 Å². The second-order valence-corrected chi connectivity index (χ2v) is 11.5. The maximum atomic E-state index is 13.9. The predicted octanol–water partition coefficient (Wildman–Crippen LogP) is 4.88. The van der Waals surface area contributed by atoms with Gasteiger partial charge in [0.15, 0.2) is 11.6 Å². The van der Waals surface area contributed by atoms with Gasteiger partial charge in [-0.15, -0.1) is 0 Å². The molecule has 1 fully saturated rings. The molecule has 0 spiro atoms. The van der Waals surface area contributed by atoms with E-state index in [-0.39, 0.29) is 51.9 Å². The second kappa shape index (κ2) is 9.19. The Balaban J connectivity index is 1.47. The van der Waals surface area contributed by atoms with Crippen LogP contribution >= 0.6 is 15.9 Å². The van der Waals surface area contributed by atoms with Gasteiger partial charge in [0, 0.05) is 35.3 Å². The summed E-state index contributed by atoms with van der Waals surface area (Å²) in [4.78, 5) is 65.8. The van der Waals surface area contributed by atoms with Gasteiger partial charge in [-0.1, -0.05) is 23.8 Å². The van der Waals surface area contributed by atoms with Crippen molar-refractivity contribution in [2.24, 2.45) is 17.8 Å². The smallest absolute Gasteiger partial charge is 0.269 e. The number of nitrogens with zero attached hydrogens (tertiary/aromatic N) is 2. The Labute approximate surface area is 237 Å². The summed E-state index contributed by atoms with van der Waals surface area (Å²) < 4.78 is 0.147. The van der Waals surface area contributed by atoms with Crippen molar-refractivity contribution in [1.82, 2.24) is 0 Å². The zero-order valence-electron chi connectivity index (χ0n) is 21.5. The van der Waals surface area contributed by atoms with Crippen molar-refractivity contribution in [2.45, 2.75) is 32.6 Å². The number of aromatic hydroxyl groups is 1. The van der Waals surface area contributed by atoms with E-state index in [1.807, 2.05) is 6.08 Å². The molecule has 10 heteroatoms. The lowest BCUT2D eigenvalue weighted by molar-refractivity contribution is -0.384. The van der Waals surface area contributed by atoms with E-state index in [1.54, 1.807) is 26.0 Å². The number of phenolic OH excluding ortho intramolecular Hbond substituents is 1. The molecule has 2 aromatic carbocycles. The Morgan fingerprint density at radius 1 is 1.00 bits per heavy atom. The van der Waals surface area contributed by atoms with E-state index < -0.39 is 34.5 Å². The Bertz CT molecular complexity index is 1640. The number of hydrogen-bond donors (Lipinski definition) is 1. The van der Waals surface area contributed by atoms with Crippen LogP contribution in [0.15, 0.2) is 69.8 Å². The van der Waals surface area contributed by atoms with Crippen molar-refractivity contribution in [2.75, 3.05) is 4.90 Å². The Morgan fingerprint density at radius 3 is 2.27 bits per heavy atom. The number of ketones is 2. The van der Waals surface area contributed by atoms with Gasteiger partial charge in [-0.3, -0.25) is 34.2 Å². The van der Waals surface area contributed by atoms with Crippen LogP contribution in [0.2, 0.25) is 0 Å². The molecular formula is C30H23BrN2O7. The summed E-state index contributed by atoms with van der Waals surface area (Å²) >= 11 is 3.22. The summed E-state index contributed by atoms with van der Waals surface area (Å²) in [5.74, 6) is -3.82. The Hall–Kier alpha value is -4.18. The van der Waals surface area contributed by atoms with E-state index in [0.717, 1.165) is 16.0 Å². The SMILES string of the molecule is Cc1cc([C@H]2C3=CC[C@@H]4C(=O)N(c5ccc([N+](=O)[O-])cc5)C(=O)[C@@H]4[C@@H]3CC3=C2C(=O)C=C(Br)C3=O)cc(C)c1O. The van der Waals surface area contributed by atoms with Gasteiger partial charge in [0.1, 0.15) is 5.75 Å². The van der Waals surface area contributed by atoms with E-state index in [0.29, 0.717) is 22.3 Å². The first-order valence-electron chi connectivity index (χ1n) is 12.8. The van der Waals surface area contributed by atoms with Crippen molar-refractivity contribution < 1.29 is 29.2 Å². The Kier molecular flexibility index (Phi) is 5.99. The highest BCUT2D eigenvalue weighted by atomic mass is 79.9. The van der Waals surface area contributed by atoms with Crippen LogP contribution in [-0.2, 0) is 19.2 Å². The molecule has 0 radical (unpaired) electrons. The van der Waals surface area contributed by atoms with E-state index in [1.165, 1.54) is 30.3 Å². The molecule has 1 heterocycles. The zero-order chi connectivity index (χ0) is 28.6. The first kappa shape index (κ1) is 26.1. The molecule has 1 aliphatic heterocycles. The summed E-state index contributed by atoms with van der Waals surface area (Å²) in [5, 5.41) is 21.5. The summed E-state index contributed by atoms with van der Waals surface area (Å²) in [6.45, 7) is 3.52. The predicted molar refractivity (Wildman–Crippen MR) is 148 cm³/mol. The molecule has 2 amide bonds. The van der Waals surface area contributed by atoms with E-state index >= 15 is 0 Å². The maximum Gasteiger partial charge on any atom is 0.269 e. The number of Topliss-reactive ketones (excluding diaryl/α,β-unsaturated/α-hetero) is 1. The monoisotopic (exact) mass is 602 g/mol. The molecule has 1 N–H and O–H groups in total. The number of nitro groups is 1. The molecule has 6 rings (SSSR count). The number of allylic oxidation sites excluding steroid dienone is 6. The fourth-order valence-electron chi connectivity index (χ4n) is 6.72. The minimum Gasteiger partial charge on any atom is -0.507 e. The number of aryl methyl sites for hydroxylation is 2. The fraction of sp³-hybridized carbons (Fsp3) is 0.267. The van der Waals surface area contributed by atoms with Gasteiger partial charge in [0.05, 0.1) is 26.9 Å². The largest absolute Gasteiger partial charge is 0.507 e. The number of amides is 2. The summed E-state index contributed by atoms with van der Waals surface area (Å²) in [6, 6.07) is 8.86. The third kappa shape index (κ3) is 3.73.